The van der Waals surface area contributed by atoms with Gasteiger partial charge in [-0.25, -0.2) is 0 Å². The molecule has 0 aliphatic rings. The standard InChI is InChI=1S/2C3H8.K.2H3O3PS.H/c2*1-3-2;;2*1-4(2,3)5;/h2*3H2,1-2H3;;2*(H3,1,2,3,5);. The molecule has 106 valence electrons. The van der Waals surface area contributed by atoms with Crippen LogP contribution in [0, 0.1) is 0 Å². The van der Waals surface area contributed by atoms with Crippen molar-refractivity contribution in [3.63, 3.8) is 0 Å². The van der Waals surface area contributed by atoms with Crippen LogP contribution in [0.5, 0.6) is 0 Å². The van der Waals surface area contributed by atoms with Gasteiger partial charge in [0.15, 0.2) is 0 Å². The Morgan fingerprint density at radius 2 is 0.647 bits per heavy atom. The van der Waals surface area contributed by atoms with E-state index in [1.165, 1.54) is 12.8 Å². The van der Waals surface area contributed by atoms with E-state index in [-0.39, 0.29) is 51.4 Å². The van der Waals surface area contributed by atoms with Gasteiger partial charge >= 0.3 is 64.8 Å². The summed E-state index contributed by atoms with van der Waals surface area (Å²) in [7, 11) is 0. The summed E-state index contributed by atoms with van der Waals surface area (Å²) in [6.45, 7) is 0.889. The zero-order valence-corrected chi connectivity index (χ0v) is 13.2. The minimum absolute atomic E-state index is 0. The third-order valence-corrected chi connectivity index (χ3v) is 0. The Balaban J connectivity index is -0.0000000381. The van der Waals surface area contributed by atoms with E-state index < -0.39 is 13.4 Å². The second-order valence-electron chi connectivity index (χ2n) is 2.44. The van der Waals surface area contributed by atoms with Crippen LogP contribution in [-0.2, 0) is 23.6 Å². The Labute approximate surface area is 156 Å². The zero-order valence-electron chi connectivity index (χ0n) is 9.81. The van der Waals surface area contributed by atoms with Gasteiger partial charge in [0.05, 0.1) is 0 Å². The van der Waals surface area contributed by atoms with E-state index >= 15 is 0 Å². The van der Waals surface area contributed by atoms with E-state index in [0.717, 1.165) is 0 Å². The number of hydrogen-bond donors (Lipinski definition) is 6. The molecular weight excluding hydrogens is 333 g/mol. The zero-order chi connectivity index (χ0) is 14.4. The van der Waals surface area contributed by atoms with Crippen molar-refractivity contribution < 1.29 is 29.4 Å². The molecule has 0 aliphatic carbocycles. The van der Waals surface area contributed by atoms with Crippen LogP contribution < -0.4 is 0 Å². The molecule has 11 heteroatoms. The molecule has 0 atom stereocenters. The first-order chi connectivity index (χ1) is 6.83. The van der Waals surface area contributed by atoms with Gasteiger partial charge in [-0.05, 0) is 23.6 Å². The van der Waals surface area contributed by atoms with Gasteiger partial charge in [-0.15, -0.1) is 0 Å². The molecule has 0 aliphatic heterocycles. The van der Waals surface area contributed by atoms with Gasteiger partial charge in [0.1, 0.15) is 0 Å². The van der Waals surface area contributed by atoms with Crippen LogP contribution in [0.2, 0.25) is 0 Å². The van der Waals surface area contributed by atoms with Gasteiger partial charge in [0.2, 0.25) is 0 Å². The summed E-state index contributed by atoms with van der Waals surface area (Å²) in [5.74, 6) is 0. The van der Waals surface area contributed by atoms with Crippen molar-refractivity contribution in [3.05, 3.63) is 0 Å². The van der Waals surface area contributed by atoms with Crippen LogP contribution >= 0.6 is 13.4 Å². The molecule has 0 heterocycles. The SMILES string of the molecule is CCC.CCC.OP(O)(O)=S.OP(O)(O)=S.[KH]. The van der Waals surface area contributed by atoms with Gasteiger partial charge in [-0.2, -0.15) is 0 Å². The molecule has 0 fully saturated rings. The van der Waals surface area contributed by atoms with E-state index in [4.69, 9.17) is 29.4 Å². The molecule has 0 rings (SSSR count). The molecule has 0 aromatic rings. The van der Waals surface area contributed by atoms with E-state index in [9.17, 15) is 0 Å². The summed E-state index contributed by atoms with van der Waals surface area (Å²) in [5, 5.41) is 0. The molecule has 0 bridgehead atoms. The summed E-state index contributed by atoms with van der Waals surface area (Å²) in [6.07, 6.45) is 2.50. The molecule has 0 unspecified atom stereocenters. The fourth-order valence-electron chi connectivity index (χ4n) is 0. The molecule has 6 nitrogen and oxygen atoms in total. The topological polar surface area (TPSA) is 121 Å². The molecule has 0 saturated heterocycles. The third-order valence-electron chi connectivity index (χ3n) is 0. The van der Waals surface area contributed by atoms with Gasteiger partial charge < -0.3 is 29.4 Å². The first-order valence-corrected chi connectivity index (χ1v) is 9.71. The Morgan fingerprint density at radius 1 is 0.647 bits per heavy atom. The quantitative estimate of drug-likeness (QED) is 0.275. The monoisotopic (exact) mass is 356 g/mol. The molecule has 0 aromatic heterocycles. The van der Waals surface area contributed by atoms with Gasteiger partial charge in [0.25, 0.3) is 0 Å². The van der Waals surface area contributed by atoms with Crippen LogP contribution in [0.4, 0.5) is 0 Å². The first kappa shape index (κ1) is 31.9. The molecule has 0 radical (unpaired) electrons. The number of rotatable bonds is 0. The summed E-state index contributed by atoms with van der Waals surface area (Å²) >= 11 is 7.21. The van der Waals surface area contributed by atoms with Crippen molar-refractivity contribution >= 4 is 88.4 Å². The molecule has 0 aromatic carbocycles. The maximum atomic E-state index is 7.56. The minimum atomic E-state index is -3.81. The van der Waals surface area contributed by atoms with Crippen LogP contribution in [0.15, 0.2) is 0 Å². The van der Waals surface area contributed by atoms with Crippen molar-refractivity contribution in [1.29, 1.82) is 0 Å². The van der Waals surface area contributed by atoms with Crippen molar-refractivity contribution in [2.45, 2.75) is 40.5 Å². The van der Waals surface area contributed by atoms with Crippen molar-refractivity contribution in [2.75, 3.05) is 0 Å². The Bertz CT molecular complexity index is 168. The fraction of sp³-hybridized carbons (Fsp3) is 1.00. The summed E-state index contributed by atoms with van der Waals surface area (Å²) in [5.41, 5.74) is 0. The normalized spacial score (nSPS) is 9.06. The average molecular weight is 356 g/mol. The van der Waals surface area contributed by atoms with Crippen LogP contribution in [0.3, 0.4) is 0 Å². The predicted octanol–water partition coefficient (Wildman–Crippen LogP) is 0.560. The average Bonchev–Trinajstić information content (AvgIpc) is 1.79. The summed E-state index contributed by atoms with van der Waals surface area (Å²) in [4.78, 5) is 45.3. The van der Waals surface area contributed by atoms with Crippen LogP contribution in [0.25, 0.3) is 0 Å². The van der Waals surface area contributed by atoms with E-state index in [2.05, 4.69) is 51.3 Å². The second-order valence-corrected chi connectivity index (χ2v) is 7.43. The molecule has 0 saturated carbocycles. The van der Waals surface area contributed by atoms with E-state index in [1.54, 1.807) is 0 Å². The summed E-state index contributed by atoms with van der Waals surface area (Å²) in [6, 6.07) is 0. The number of hydrogen-bond acceptors (Lipinski definition) is 2. The molecule has 17 heavy (non-hydrogen) atoms. The van der Waals surface area contributed by atoms with Crippen molar-refractivity contribution in [2.24, 2.45) is 0 Å². The van der Waals surface area contributed by atoms with Crippen molar-refractivity contribution in [1.82, 2.24) is 0 Å². The van der Waals surface area contributed by atoms with Gasteiger partial charge in [0, 0.05) is 0 Å². The summed E-state index contributed by atoms with van der Waals surface area (Å²) < 4.78 is 0. The van der Waals surface area contributed by atoms with Crippen molar-refractivity contribution in [3.8, 4) is 0 Å². The third kappa shape index (κ3) is 717. The Kier molecular flexibility index (Phi) is 39.4. The maximum absolute atomic E-state index is 7.56. The molecule has 0 amide bonds. The van der Waals surface area contributed by atoms with Crippen LogP contribution in [0.1, 0.15) is 40.5 Å². The van der Waals surface area contributed by atoms with E-state index in [0.29, 0.717) is 0 Å². The first-order valence-electron chi connectivity index (χ1n) is 4.39. The molecule has 6 N–H and O–H groups in total. The van der Waals surface area contributed by atoms with Gasteiger partial charge in [-0.3, -0.25) is 0 Å². The molecule has 0 spiro atoms. The fourth-order valence-corrected chi connectivity index (χ4v) is 0. The van der Waals surface area contributed by atoms with E-state index in [1.807, 2.05) is 0 Å². The predicted molar refractivity (Wildman–Crippen MR) is 81.0 cm³/mol. The Morgan fingerprint density at radius 3 is 0.647 bits per heavy atom. The van der Waals surface area contributed by atoms with Gasteiger partial charge in [-0.1, -0.05) is 40.5 Å². The molecular formula is C6H23KO6P2S2. The Hall–Kier alpha value is 2.70. The van der Waals surface area contributed by atoms with Crippen LogP contribution in [-0.4, -0.2) is 80.7 Å². The second kappa shape index (κ2) is 21.0.